The van der Waals surface area contributed by atoms with Crippen LogP contribution in [0.3, 0.4) is 0 Å². The van der Waals surface area contributed by atoms with Gasteiger partial charge in [-0.2, -0.15) is 0 Å². The molecule has 128 valence electrons. The van der Waals surface area contributed by atoms with Gasteiger partial charge in [-0.05, 0) is 20.3 Å². The molecule has 2 heterocycles. The van der Waals surface area contributed by atoms with Crippen LogP contribution in [0.2, 0.25) is 0 Å². The van der Waals surface area contributed by atoms with Crippen molar-refractivity contribution in [2.24, 2.45) is 17.3 Å². The molecule has 7 heteroatoms. The molecule has 2 aliphatic heterocycles. The van der Waals surface area contributed by atoms with Gasteiger partial charge < -0.3 is 19.3 Å². The van der Waals surface area contributed by atoms with Crippen LogP contribution in [0.25, 0.3) is 0 Å². The highest BCUT2D eigenvalue weighted by atomic mass is 16.6. The first-order valence-corrected chi connectivity index (χ1v) is 7.68. The molecular weight excluding hydrogens is 304 g/mol. The molecule has 0 saturated carbocycles. The van der Waals surface area contributed by atoms with Crippen LogP contribution in [0.5, 0.6) is 0 Å². The molecule has 23 heavy (non-hydrogen) atoms. The monoisotopic (exact) mass is 326 g/mol. The van der Waals surface area contributed by atoms with Gasteiger partial charge in [0.2, 0.25) is 0 Å². The third-order valence-electron chi connectivity index (χ3n) is 4.45. The van der Waals surface area contributed by atoms with Crippen molar-refractivity contribution < 1.29 is 33.7 Å². The Morgan fingerprint density at radius 1 is 1.09 bits per heavy atom. The molecule has 0 radical (unpaired) electrons. The second-order valence-electron chi connectivity index (χ2n) is 6.38. The maximum Gasteiger partial charge on any atom is 0.313 e. The SMILES string of the molecule is CCC(C)(C)C(=O)OCCOC(=O)C1C2C=CC(O2)C1C(=O)O. The number of fused-ring (bicyclic) bond motifs is 2. The number of ether oxygens (including phenoxy) is 3. The zero-order valence-corrected chi connectivity index (χ0v) is 13.5. The van der Waals surface area contributed by atoms with Crippen molar-refractivity contribution in [3.63, 3.8) is 0 Å². The minimum Gasteiger partial charge on any atom is -0.481 e. The summed E-state index contributed by atoms with van der Waals surface area (Å²) in [6, 6.07) is 0. The molecule has 4 atom stereocenters. The first-order chi connectivity index (χ1) is 10.8. The van der Waals surface area contributed by atoms with Crippen molar-refractivity contribution in [1.82, 2.24) is 0 Å². The molecular formula is C16H22O7. The number of rotatable bonds is 7. The fourth-order valence-electron chi connectivity index (χ4n) is 2.60. The summed E-state index contributed by atoms with van der Waals surface area (Å²) in [7, 11) is 0. The van der Waals surface area contributed by atoms with Crippen molar-refractivity contribution in [2.45, 2.75) is 39.4 Å². The first kappa shape index (κ1) is 17.5. The number of carboxylic acids is 1. The second-order valence-corrected chi connectivity index (χ2v) is 6.38. The Kier molecular flexibility index (Phi) is 5.09. The van der Waals surface area contributed by atoms with E-state index in [1.807, 2.05) is 6.92 Å². The highest BCUT2D eigenvalue weighted by Gasteiger charge is 2.54. The fourth-order valence-corrected chi connectivity index (χ4v) is 2.60. The first-order valence-electron chi connectivity index (χ1n) is 7.68. The Morgan fingerprint density at radius 3 is 2.22 bits per heavy atom. The molecule has 2 rings (SSSR count). The quantitative estimate of drug-likeness (QED) is 0.426. The Morgan fingerprint density at radius 2 is 1.65 bits per heavy atom. The molecule has 4 unspecified atom stereocenters. The van der Waals surface area contributed by atoms with E-state index in [0.717, 1.165) is 0 Å². The number of carboxylic acid groups (broad SMARTS) is 1. The van der Waals surface area contributed by atoms with E-state index >= 15 is 0 Å². The smallest absolute Gasteiger partial charge is 0.313 e. The average molecular weight is 326 g/mol. The second kappa shape index (κ2) is 6.70. The van der Waals surface area contributed by atoms with Gasteiger partial charge in [0.25, 0.3) is 0 Å². The summed E-state index contributed by atoms with van der Waals surface area (Å²) in [4.78, 5) is 35.2. The van der Waals surface area contributed by atoms with E-state index in [4.69, 9.17) is 14.2 Å². The normalized spacial score (nSPS) is 28.7. The Labute approximate surface area is 134 Å². The molecule has 0 spiro atoms. The number of esters is 2. The number of carbonyl (C=O) groups is 3. The Bertz CT molecular complexity index is 523. The third-order valence-corrected chi connectivity index (χ3v) is 4.45. The lowest BCUT2D eigenvalue weighted by atomic mass is 9.83. The predicted molar refractivity (Wildman–Crippen MR) is 78.4 cm³/mol. The van der Waals surface area contributed by atoms with Gasteiger partial charge in [0, 0.05) is 0 Å². The molecule has 0 aromatic carbocycles. The van der Waals surface area contributed by atoms with Crippen LogP contribution in [0.1, 0.15) is 27.2 Å². The van der Waals surface area contributed by atoms with Gasteiger partial charge in [0.1, 0.15) is 25.0 Å². The fraction of sp³-hybridized carbons (Fsp3) is 0.688. The van der Waals surface area contributed by atoms with E-state index in [-0.39, 0.29) is 19.2 Å². The van der Waals surface area contributed by atoms with Crippen molar-refractivity contribution in [2.75, 3.05) is 13.2 Å². The number of carbonyl (C=O) groups excluding carboxylic acids is 2. The summed E-state index contributed by atoms with van der Waals surface area (Å²) in [6.45, 7) is 5.28. The Hall–Kier alpha value is -1.89. The summed E-state index contributed by atoms with van der Waals surface area (Å²) in [5.41, 5.74) is -0.582. The van der Waals surface area contributed by atoms with Crippen LogP contribution in [0.4, 0.5) is 0 Å². The molecule has 1 fully saturated rings. The molecule has 1 N–H and O–H groups in total. The van der Waals surface area contributed by atoms with E-state index in [0.29, 0.717) is 6.42 Å². The maximum absolute atomic E-state index is 12.1. The van der Waals surface area contributed by atoms with Crippen LogP contribution >= 0.6 is 0 Å². The van der Waals surface area contributed by atoms with Gasteiger partial charge in [0.15, 0.2) is 0 Å². The number of hydrogen-bond acceptors (Lipinski definition) is 6. The minimum absolute atomic E-state index is 0.0523. The molecule has 0 aromatic rings. The van der Waals surface area contributed by atoms with E-state index in [1.165, 1.54) is 0 Å². The van der Waals surface area contributed by atoms with Gasteiger partial charge in [-0.3, -0.25) is 14.4 Å². The molecule has 7 nitrogen and oxygen atoms in total. The van der Waals surface area contributed by atoms with E-state index in [9.17, 15) is 19.5 Å². The van der Waals surface area contributed by atoms with E-state index in [1.54, 1.807) is 26.0 Å². The third kappa shape index (κ3) is 3.55. The van der Waals surface area contributed by atoms with Gasteiger partial charge in [-0.1, -0.05) is 19.1 Å². The topological polar surface area (TPSA) is 99.1 Å². The predicted octanol–water partition coefficient (Wildman–Crippen LogP) is 1.16. The summed E-state index contributed by atoms with van der Waals surface area (Å²) in [6.07, 6.45) is 2.83. The Balaban J connectivity index is 1.80. The summed E-state index contributed by atoms with van der Waals surface area (Å²) < 4.78 is 15.5. The van der Waals surface area contributed by atoms with Crippen molar-refractivity contribution >= 4 is 17.9 Å². The van der Waals surface area contributed by atoms with Gasteiger partial charge in [0.05, 0.1) is 17.6 Å². The van der Waals surface area contributed by atoms with Crippen LogP contribution in [-0.2, 0) is 28.6 Å². The standard InChI is InChI=1S/C16H22O7/c1-4-16(2,3)15(20)22-8-7-21-14(19)12-10-6-5-9(23-10)11(12)13(17)18/h5-6,9-12H,4,7-8H2,1-3H3,(H,17,18). The summed E-state index contributed by atoms with van der Waals surface area (Å²) >= 11 is 0. The summed E-state index contributed by atoms with van der Waals surface area (Å²) in [5.74, 6) is -3.87. The number of aliphatic carboxylic acids is 1. The maximum atomic E-state index is 12.1. The summed E-state index contributed by atoms with van der Waals surface area (Å²) in [5, 5.41) is 9.22. The lowest BCUT2D eigenvalue weighted by Crippen LogP contribution is -2.37. The van der Waals surface area contributed by atoms with Crippen molar-refractivity contribution in [3.05, 3.63) is 12.2 Å². The lowest BCUT2D eigenvalue weighted by Gasteiger charge is -2.21. The average Bonchev–Trinajstić information content (AvgIpc) is 3.11. The minimum atomic E-state index is -1.08. The van der Waals surface area contributed by atoms with Crippen molar-refractivity contribution in [1.29, 1.82) is 0 Å². The lowest BCUT2D eigenvalue weighted by molar-refractivity contribution is -0.163. The van der Waals surface area contributed by atoms with E-state index < -0.39 is 41.4 Å². The molecule has 2 aliphatic rings. The largest absolute Gasteiger partial charge is 0.481 e. The molecule has 0 aromatic heterocycles. The van der Waals surface area contributed by atoms with Gasteiger partial charge in [-0.25, -0.2) is 0 Å². The molecule has 1 saturated heterocycles. The van der Waals surface area contributed by atoms with Crippen LogP contribution in [-0.4, -0.2) is 48.4 Å². The zero-order chi connectivity index (χ0) is 17.2. The van der Waals surface area contributed by atoms with Crippen LogP contribution in [0, 0.1) is 17.3 Å². The van der Waals surface area contributed by atoms with Gasteiger partial charge >= 0.3 is 17.9 Å². The highest BCUT2D eigenvalue weighted by Crippen LogP contribution is 2.39. The highest BCUT2D eigenvalue weighted by molar-refractivity contribution is 5.84. The van der Waals surface area contributed by atoms with Crippen LogP contribution in [0.15, 0.2) is 12.2 Å². The number of hydrogen-bond donors (Lipinski definition) is 1. The molecule has 2 bridgehead atoms. The molecule has 0 aliphatic carbocycles. The van der Waals surface area contributed by atoms with Crippen molar-refractivity contribution in [3.8, 4) is 0 Å². The van der Waals surface area contributed by atoms with Gasteiger partial charge in [-0.15, -0.1) is 0 Å². The van der Waals surface area contributed by atoms with Crippen LogP contribution < -0.4 is 0 Å². The van der Waals surface area contributed by atoms with E-state index in [2.05, 4.69) is 0 Å². The molecule has 0 amide bonds. The zero-order valence-electron chi connectivity index (χ0n) is 13.5.